The molecule has 274 valence electrons. The summed E-state index contributed by atoms with van der Waals surface area (Å²) in [5.41, 5.74) is 0. The van der Waals surface area contributed by atoms with Gasteiger partial charge in [0.25, 0.3) is 0 Å². The lowest BCUT2D eigenvalue weighted by Gasteiger charge is -2.33. The van der Waals surface area contributed by atoms with Gasteiger partial charge in [0.15, 0.2) is 0 Å². The molecule has 2 heteroatoms. The fraction of sp³-hybridized carbons (Fsp3) is 0.955. The quantitative estimate of drug-likeness (QED) is 0.0617. The molecule has 1 aliphatic heterocycles. The molecule has 1 unspecified atom stereocenters. The van der Waals surface area contributed by atoms with Crippen LogP contribution in [0.2, 0.25) is 0 Å². The number of hydrogen-bond acceptors (Lipinski definition) is 2. The first-order valence-corrected chi connectivity index (χ1v) is 22.0. The van der Waals surface area contributed by atoms with Crippen LogP contribution in [0.5, 0.6) is 0 Å². The zero-order valence-corrected chi connectivity index (χ0v) is 32.5. The number of unbranched alkanes of at least 4 members (excludes halogenated alkanes) is 32. The van der Waals surface area contributed by atoms with E-state index in [1.807, 2.05) is 0 Å². The minimum Gasteiger partial charge on any atom is -0.356 e. The Hall–Kier alpha value is -0.660. The van der Waals surface area contributed by atoms with E-state index in [1.165, 1.54) is 244 Å². The van der Waals surface area contributed by atoms with Crippen LogP contribution in [-0.4, -0.2) is 29.1 Å². The summed E-state index contributed by atoms with van der Waals surface area (Å²) in [5, 5.41) is 0. The van der Waals surface area contributed by atoms with Gasteiger partial charge in [-0.05, 0) is 25.7 Å². The first kappa shape index (κ1) is 43.4. The molecule has 46 heavy (non-hydrogen) atoms. The van der Waals surface area contributed by atoms with Crippen molar-refractivity contribution in [3.63, 3.8) is 0 Å². The second kappa shape index (κ2) is 35.6. The molecule has 0 N–H and O–H groups in total. The highest BCUT2D eigenvalue weighted by Crippen LogP contribution is 2.24. The predicted octanol–water partition coefficient (Wildman–Crippen LogP) is 15.5. The molecule has 1 rings (SSSR count). The third-order valence-electron chi connectivity index (χ3n) is 10.8. The Kier molecular flexibility index (Phi) is 33.6. The largest absolute Gasteiger partial charge is 0.356 e. The van der Waals surface area contributed by atoms with Crippen molar-refractivity contribution in [3.8, 4) is 0 Å². The fourth-order valence-corrected chi connectivity index (χ4v) is 7.60. The molecule has 1 atom stereocenters. The molecule has 1 aliphatic rings. The molecule has 0 fully saturated rings. The maximum absolute atomic E-state index is 2.73. The molecule has 0 aliphatic carbocycles. The second-order valence-electron chi connectivity index (χ2n) is 15.4. The third kappa shape index (κ3) is 27.3. The standard InChI is InChI=1S/C44H88N2/c1-4-7-10-13-16-19-22-24-26-29-32-35-38-41-46-43-42-45(40-37-34-31-28-21-18-15-12-9-6-3)44(46)39-36-33-30-27-25-23-20-17-14-11-8-5-2/h42-44H,4-41H2,1-3H3. The van der Waals surface area contributed by atoms with E-state index in [9.17, 15) is 0 Å². The molecule has 0 saturated carbocycles. The topological polar surface area (TPSA) is 6.48 Å². The van der Waals surface area contributed by atoms with Gasteiger partial charge in [-0.15, -0.1) is 0 Å². The number of nitrogens with zero attached hydrogens (tertiary/aromatic N) is 2. The van der Waals surface area contributed by atoms with E-state index in [2.05, 4.69) is 43.0 Å². The Bertz CT molecular complexity index is 601. The van der Waals surface area contributed by atoms with Gasteiger partial charge in [-0.1, -0.05) is 226 Å². The Balaban J connectivity index is 2.22. The summed E-state index contributed by atoms with van der Waals surface area (Å²) in [6.07, 6.45) is 57.4. The van der Waals surface area contributed by atoms with Crippen LogP contribution in [0.15, 0.2) is 12.4 Å². The van der Waals surface area contributed by atoms with Gasteiger partial charge >= 0.3 is 0 Å². The SMILES string of the molecule is CCCCCCCCCCCCCCCN1C=CN(CCCCCCCCCCCC)C1CCCCCCCCCCCCCC. The van der Waals surface area contributed by atoms with Gasteiger partial charge in [0.05, 0.1) is 0 Å². The van der Waals surface area contributed by atoms with Crippen LogP contribution in [0.25, 0.3) is 0 Å². The predicted molar refractivity (Wildman–Crippen MR) is 210 cm³/mol. The summed E-state index contributed by atoms with van der Waals surface area (Å²) in [6, 6.07) is 0. The molecule has 0 aromatic heterocycles. The molecule has 1 heterocycles. The van der Waals surface area contributed by atoms with Crippen LogP contribution >= 0.6 is 0 Å². The molecule has 0 bridgehead atoms. The third-order valence-corrected chi connectivity index (χ3v) is 10.8. The highest BCUT2D eigenvalue weighted by Gasteiger charge is 2.24. The van der Waals surface area contributed by atoms with Crippen molar-refractivity contribution >= 4 is 0 Å². The van der Waals surface area contributed by atoms with Gasteiger partial charge < -0.3 is 9.80 Å². The van der Waals surface area contributed by atoms with Crippen LogP contribution in [0, 0.1) is 0 Å². The van der Waals surface area contributed by atoms with Crippen molar-refractivity contribution in [2.45, 2.75) is 258 Å². The zero-order chi connectivity index (χ0) is 33.0. The van der Waals surface area contributed by atoms with Gasteiger partial charge in [0, 0.05) is 25.5 Å². The van der Waals surface area contributed by atoms with Gasteiger partial charge in [-0.3, -0.25) is 0 Å². The van der Waals surface area contributed by atoms with E-state index in [1.54, 1.807) is 0 Å². The molecule has 0 radical (unpaired) electrons. The first-order chi connectivity index (χ1) is 22.8. The summed E-state index contributed by atoms with van der Waals surface area (Å²) in [5.74, 6) is 0. The van der Waals surface area contributed by atoms with E-state index in [0.717, 1.165) is 0 Å². The van der Waals surface area contributed by atoms with Crippen molar-refractivity contribution in [3.05, 3.63) is 12.4 Å². The van der Waals surface area contributed by atoms with Gasteiger partial charge in [-0.2, -0.15) is 0 Å². The second-order valence-corrected chi connectivity index (χ2v) is 15.4. The van der Waals surface area contributed by atoms with Crippen molar-refractivity contribution in [2.75, 3.05) is 13.1 Å². The Morgan fingerprint density at radius 2 is 0.500 bits per heavy atom. The van der Waals surface area contributed by atoms with Crippen LogP contribution in [0.3, 0.4) is 0 Å². The zero-order valence-electron chi connectivity index (χ0n) is 32.5. The molecular weight excluding hydrogens is 556 g/mol. The Morgan fingerprint density at radius 1 is 0.283 bits per heavy atom. The summed E-state index contributed by atoms with van der Waals surface area (Å²) in [4.78, 5) is 5.46. The summed E-state index contributed by atoms with van der Waals surface area (Å²) >= 11 is 0. The Morgan fingerprint density at radius 3 is 0.761 bits per heavy atom. The van der Waals surface area contributed by atoms with Gasteiger partial charge in [0.1, 0.15) is 6.17 Å². The van der Waals surface area contributed by atoms with Gasteiger partial charge in [0.2, 0.25) is 0 Å². The maximum Gasteiger partial charge on any atom is 0.101 e. The molecule has 0 spiro atoms. The molecule has 0 aromatic rings. The lowest BCUT2D eigenvalue weighted by molar-refractivity contribution is 0.135. The average molecular weight is 645 g/mol. The van der Waals surface area contributed by atoms with Gasteiger partial charge in [-0.25, -0.2) is 0 Å². The summed E-state index contributed by atoms with van der Waals surface area (Å²) in [7, 11) is 0. The van der Waals surface area contributed by atoms with Crippen molar-refractivity contribution in [2.24, 2.45) is 0 Å². The smallest absolute Gasteiger partial charge is 0.101 e. The van der Waals surface area contributed by atoms with Crippen molar-refractivity contribution in [1.29, 1.82) is 0 Å². The van der Waals surface area contributed by atoms with Crippen LogP contribution in [0.1, 0.15) is 252 Å². The Labute approximate surface area is 292 Å². The van der Waals surface area contributed by atoms with Crippen LogP contribution in [-0.2, 0) is 0 Å². The highest BCUT2D eigenvalue weighted by atomic mass is 15.4. The first-order valence-electron chi connectivity index (χ1n) is 22.0. The molecule has 0 saturated heterocycles. The lowest BCUT2D eigenvalue weighted by Crippen LogP contribution is -2.39. The lowest BCUT2D eigenvalue weighted by atomic mass is 10.0. The van der Waals surface area contributed by atoms with E-state index in [-0.39, 0.29) is 0 Å². The molecule has 0 amide bonds. The van der Waals surface area contributed by atoms with E-state index < -0.39 is 0 Å². The highest BCUT2D eigenvalue weighted by molar-refractivity contribution is 4.97. The van der Waals surface area contributed by atoms with E-state index in [0.29, 0.717) is 6.17 Å². The van der Waals surface area contributed by atoms with E-state index in [4.69, 9.17) is 0 Å². The van der Waals surface area contributed by atoms with Crippen LogP contribution in [0.4, 0.5) is 0 Å². The summed E-state index contributed by atoms with van der Waals surface area (Å²) in [6.45, 7) is 9.49. The van der Waals surface area contributed by atoms with Crippen molar-refractivity contribution < 1.29 is 0 Å². The molecular formula is C44H88N2. The molecule has 0 aromatic carbocycles. The summed E-state index contributed by atoms with van der Waals surface area (Å²) < 4.78 is 0. The van der Waals surface area contributed by atoms with Crippen molar-refractivity contribution in [1.82, 2.24) is 9.80 Å². The normalized spacial score (nSPS) is 14.7. The number of rotatable bonds is 38. The average Bonchev–Trinajstić information content (AvgIpc) is 3.45. The minimum absolute atomic E-state index is 0.638. The fourth-order valence-electron chi connectivity index (χ4n) is 7.60. The monoisotopic (exact) mass is 645 g/mol. The van der Waals surface area contributed by atoms with E-state index >= 15 is 0 Å². The van der Waals surface area contributed by atoms with Crippen LogP contribution < -0.4 is 0 Å². The number of hydrogen-bond donors (Lipinski definition) is 0. The maximum atomic E-state index is 2.73. The molecule has 2 nitrogen and oxygen atoms in total. The minimum atomic E-state index is 0.638.